The molecule has 2 heterocycles. The average Bonchev–Trinajstić information content (AvgIpc) is 2.86. The molecule has 0 saturated carbocycles. The number of Topliss-reactive ketones (excluding diaryl/α,β-unsaturated/α-hetero) is 1. The maximum atomic E-state index is 13.1. The van der Waals surface area contributed by atoms with Gasteiger partial charge in [0.1, 0.15) is 11.2 Å². The van der Waals surface area contributed by atoms with Crippen LogP contribution in [0.1, 0.15) is 38.2 Å². The van der Waals surface area contributed by atoms with E-state index in [9.17, 15) is 14.0 Å². The van der Waals surface area contributed by atoms with Gasteiger partial charge in [0, 0.05) is 25.0 Å². The van der Waals surface area contributed by atoms with Crippen molar-refractivity contribution in [2.45, 2.75) is 51.2 Å². The van der Waals surface area contributed by atoms with Crippen LogP contribution in [0.4, 0.5) is 4.39 Å². The van der Waals surface area contributed by atoms with Crippen LogP contribution in [0.2, 0.25) is 0 Å². The molecule has 4 nitrogen and oxygen atoms in total. The van der Waals surface area contributed by atoms with Gasteiger partial charge in [0.05, 0.1) is 7.11 Å². The first-order chi connectivity index (χ1) is 11.0. The zero-order valence-corrected chi connectivity index (χ0v) is 13.5. The molecule has 0 aliphatic carbocycles. The fraction of sp³-hybridized carbons (Fsp3) is 0.556. The van der Waals surface area contributed by atoms with Crippen molar-refractivity contribution in [1.82, 2.24) is 4.90 Å². The van der Waals surface area contributed by atoms with E-state index < -0.39 is 11.4 Å². The molecule has 3 atom stereocenters. The molecule has 2 saturated heterocycles. The van der Waals surface area contributed by atoms with Crippen molar-refractivity contribution in [3.63, 3.8) is 0 Å². The van der Waals surface area contributed by atoms with Crippen LogP contribution in [0.25, 0.3) is 0 Å². The zero-order chi connectivity index (χ0) is 16.6. The van der Waals surface area contributed by atoms with E-state index >= 15 is 0 Å². The smallest absolute Gasteiger partial charge is 0.320 e. The molecule has 1 aromatic rings. The molecular weight excluding hydrogens is 297 g/mol. The lowest BCUT2D eigenvalue weighted by Crippen LogP contribution is -2.59. The van der Waals surface area contributed by atoms with Crippen LogP contribution in [0.5, 0.6) is 0 Å². The van der Waals surface area contributed by atoms with Gasteiger partial charge >= 0.3 is 5.97 Å². The second kappa shape index (κ2) is 6.04. The molecule has 0 unspecified atom stereocenters. The van der Waals surface area contributed by atoms with Crippen LogP contribution >= 0.6 is 0 Å². The Morgan fingerprint density at radius 1 is 1.35 bits per heavy atom. The van der Waals surface area contributed by atoms with Crippen molar-refractivity contribution in [3.8, 4) is 0 Å². The van der Waals surface area contributed by atoms with Gasteiger partial charge in [-0.25, -0.2) is 4.39 Å². The number of hydrogen-bond acceptors (Lipinski definition) is 4. The van der Waals surface area contributed by atoms with Crippen LogP contribution in [0.15, 0.2) is 24.3 Å². The third-order valence-corrected chi connectivity index (χ3v) is 5.52. The second-order valence-corrected chi connectivity index (χ2v) is 6.49. The van der Waals surface area contributed by atoms with Crippen molar-refractivity contribution < 1.29 is 18.7 Å². The van der Waals surface area contributed by atoms with E-state index in [1.165, 1.54) is 19.2 Å². The molecule has 0 aromatic heterocycles. The van der Waals surface area contributed by atoms with E-state index in [-0.39, 0.29) is 23.7 Å². The Balaban J connectivity index is 1.92. The molecule has 0 radical (unpaired) electrons. The Hall–Kier alpha value is -1.75. The largest absolute Gasteiger partial charge is 0.468 e. The van der Waals surface area contributed by atoms with Gasteiger partial charge < -0.3 is 4.74 Å². The molecule has 2 fully saturated rings. The van der Waals surface area contributed by atoms with Crippen molar-refractivity contribution in [2.24, 2.45) is 5.41 Å². The predicted octanol–water partition coefficient (Wildman–Crippen LogP) is 2.70. The first-order valence-electron chi connectivity index (χ1n) is 8.14. The minimum Gasteiger partial charge on any atom is -0.468 e. The van der Waals surface area contributed by atoms with E-state index in [1.807, 2.05) is 6.92 Å². The number of ether oxygens (including phenoxy) is 1. The molecule has 2 aliphatic rings. The van der Waals surface area contributed by atoms with Gasteiger partial charge in [-0.1, -0.05) is 19.1 Å². The normalized spacial score (nSPS) is 30.5. The number of benzene rings is 1. The van der Waals surface area contributed by atoms with Crippen LogP contribution in [0.3, 0.4) is 0 Å². The summed E-state index contributed by atoms with van der Waals surface area (Å²) in [5.74, 6) is -0.669. The minimum atomic E-state index is -1.05. The topological polar surface area (TPSA) is 46.6 Å². The Kier molecular flexibility index (Phi) is 4.23. The van der Waals surface area contributed by atoms with Gasteiger partial charge in [-0.3, -0.25) is 14.5 Å². The summed E-state index contributed by atoms with van der Waals surface area (Å²) in [7, 11) is 1.35. The molecule has 0 spiro atoms. The van der Waals surface area contributed by atoms with Crippen LogP contribution in [-0.2, 0) is 20.9 Å². The van der Waals surface area contributed by atoms with Crippen molar-refractivity contribution >= 4 is 11.8 Å². The summed E-state index contributed by atoms with van der Waals surface area (Å²) in [5.41, 5.74) is -0.0607. The number of ketones is 1. The quantitative estimate of drug-likeness (QED) is 0.632. The van der Waals surface area contributed by atoms with Crippen molar-refractivity contribution in [1.29, 1.82) is 0 Å². The average molecular weight is 319 g/mol. The number of carbonyl (C=O) groups is 2. The van der Waals surface area contributed by atoms with Gasteiger partial charge in [0.25, 0.3) is 0 Å². The van der Waals surface area contributed by atoms with Gasteiger partial charge in [0.15, 0.2) is 5.78 Å². The summed E-state index contributed by atoms with van der Waals surface area (Å²) < 4.78 is 18.1. The number of fused-ring (bicyclic) bond motifs is 2. The number of hydrogen-bond donors (Lipinski definition) is 0. The second-order valence-electron chi connectivity index (χ2n) is 6.49. The number of esters is 1. The molecule has 2 bridgehead atoms. The van der Waals surface area contributed by atoms with Gasteiger partial charge in [0.2, 0.25) is 0 Å². The molecule has 2 aliphatic heterocycles. The van der Waals surface area contributed by atoms with Gasteiger partial charge in [-0.15, -0.1) is 0 Å². The summed E-state index contributed by atoms with van der Waals surface area (Å²) >= 11 is 0. The summed E-state index contributed by atoms with van der Waals surface area (Å²) in [5, 5.41) is 0. The van der Waals surface area contributed by atoms with E-state index in [2.05, 4.69) is 4.90 Å². The SMILES string of the molecule is CC[C@@]1(C(=O)OC)C(=O)C[C@H]2CC[C@@H]1N2Cc1ccc(F)cc1. The molecular formula is C18H22FNO3. The van der Waals surface area contributed by atoms with Gasteiger partial charge in [-0.2, -0.15) is 0 Å². The summed E-state index contributed by atoms with van der Waals surface area (Å²) in [6.45, 7) is 2.51. The first-order valence-corrected chi connectivity index (χ1v) is 8.14. The number of methoxy groups -OCH3 is 1. The van der Waals surface area contributed by atoms with Crippen LogP contribution < -0.4 is 0 Å². The molecule has 23 heavy (non-hydrogen) atoms. The number of halogens is 1. The fourth-order valence-corrected chi connectivity index (χ4v) is 4.32. The highest BCUT2D eigenvalue weighted by molar-refractivity contribution is 6.05. The fourth-order valence-electron chi connectivity index (χ4n) is 4.32. The molecule has 1 aromatic carbocycles. The molecule has 0 N–H and O–H groups in total. The maximum Gasteiger partial charge on any atom is 0.320 e. The summed E-state index contributed by atoms with van der Waals surface area (Å²) in [4.78, 5) is 27.4. The lowest BCUT2D eigenvalue weighted by Gasteiger charge is -2.45. The summed E-state index contributed by atoms with van der Waals surface area (Å²) in [6, 6.07) is 6.45. The molecule has 5 heteroatoms. The standard InChI is InChI=1S/C18H22FNO3/c1-3-18(17(22)23-2)15-9-8-14(10-16(18)21)20(15)11-12-4-6-13(19)7-5-12/h4-7,14-15H,3,8-11H2,1-2H3/t14-,15+,18+/m1/s1. The van der Waals surface area contributed by atoms with E-state index in [4.69, 9.17) is 4.74 Å². The third-order valence-electron chi connectivity index (χ3n) is 5.52. The minimum absolute atomic E-state index is 0.00899. The first kappa shape index (κ1) is 16.1. The predicted molar refractivity (Wildman–Crippen MR) is 83.1 cm³/mol. The van der Waals surface area contributed by atoms with Crippen molar-refractivity contribution in [2.75, 3.05) is 7.11 Å². The lowest BCUT2D eigenvalue weighted by atomic mass is 9.70. The number of nitrogens with zero attached hydrogens (tertiary/aromatic N) is 1. The number of piperidine rings is 1. The Morgan fingerprint density at radius 2 is 2.04 bits per heavy atom. The van der Waals surface area contributed by atoms with Crippen LogP contribution in [-0.4, -0.2) is 35.8 Å². The number of carbonyl (C=O) groups excluding carboxylic acids is 2. The highest BCUT2D eigenvalue weighted by Gasteiger charge is 2.60. The molecule has 3 rings (SSSR count). The summed E-state index contributed by atoms with van der Waals surface area (Å²) in [6.07, 6.45) is 2.58. The molecule has 0 amide bonds. The van der Waals surface area contributed by atoms with Crippen molar-refractivity contribution in [3.05, 3.63) is 35.6 Å². The van der Waals surface area contributed by atoms with Crippen LogP contribution in [0, 0.1) is 11.2 Å². The monoisotopic (exact) mass is 319 g/mol. The third kappa shape index (κ3) is 2.47. The van der Waals surface area contributed by atoms with E-state index in [0.29, 0.717) is 19.4 Å². The molecule has 124 valence electrons. The highest BCUT2D eigenvalue weighted by Crippen LogP contribution is 2.47. The highest BCUT2D eigenvalue weighted by atomic mass is 19.1. The maximum absolute atomic E-state index is 13.1. The van der Waals surface area contributed by atoms with E-state index in [1.54, 1.807) is 12.1 Å². The zero-order valence-electron chi connectivity index (χ0n) is 13.5. The number of rotatable bonds is 4. The Labute approximate surface area is 135 Å². The Morgan fingerprint density at radius 3 is 2.65 bits per heavy atom. The van der Waals surface area contributed by atoms with E-state index in [0.717, 1.165) is 18.4 Å². The van der Waals surface area contributed by atoms with Gasteiger partial charge in [-0.05, 0) is 37.0 Å². The Bertz CT molecular complexity index is 615. The lowest BCUT2D eigenvalue weighted by molar-refractivity contribution is -0.167.